The van der Waals surface area contributed by atoms with Crippen molar-refractivity contribution in [3.63, 3.8) is 0 Å². The van der Waals surface area contributed by atoms with Gasteiger partial charge in [-0.1, -0.05) is 45.4 Å². The van der Waals surface area contributed by atoms with E-state index in [-0.39, 0.29) is 12.3 Å². The van der Waals surface area contributed by atoms with E-state index in [0.717, 1.165) is 19.3 Å². The van der Waals surface area contributed by atoms with Crippen LogP contribution in [0.2, 0.25) is 0 Å². The van der Waals surface area contributed by atoms with E-state index in [4.69, 9.17) is 10.8 Å². The van der Waals surface area contributed by atoms with Gasteiger partial charge in [0.05, 0.1) is 6.42 Å². The Bertz CT molecular complexity index is 318. The van der Waals surface area contributed by atoms with Crippen molar-refractivity contribution in [1.29, 1.82) is 0 Å². The Kier molecular flexibility index (Phi) is 10.6. The maximum atomic E-state index is 11.4. The van der Waals surface area contributed by atoms with Gasteiger partial charge < -0.3 is 10.8 Å². The van der Waals surface area contributed by atoms with Gasteiger partial charge in [-0.25, -0.2) is 0 Å². The first-order valence-electron chi connectivity index (χ1n) is 7.28. The van der Waals surface area contributed by atoms with Gasteiger partial charge in [-0.05, 0) is 6.42 Å². The first kappa shape index (κ1) is 18.6. The lowest BCUT2D eigenvalue weighted by molar-refractivity contribution is -0.141. The number of imide groups is 1. The molecule has 0 aliphatic heterocycles. The van der Waals surface area contributed by atoms with Crippen LogP contribution in [0.25, 0.3) is 0 Å². The van der Waals surface area contributed by atoms with Gasteiger partial charge in [-0.3, -0.25) is 19.7 Å². The van der Waals surface area contributed by atoms with Crippen molar-refractivity contribution in [2.75, 3.05) is 0 Å². The molecule has 20 heavy (non-hydrogen) atoms. The van der Waals surface area contributed by atoms with Gasteiger partial charge in [0.1, 0.15) is 6.04 Å². The summed E-state index contributed by atoms with van der Waals surface area (Å²) in [4.78, 5) is 33.2. The minimum atomic E-state index is -1.26. The molecule has 0 aromatic heterocycles. The Labute approximate surface area is 120 Å². The van der Waals surface area contributed by atoms with Gasteiger partial charge >= 0.3 is 5.97 Å². The number of hydrogen-bond acceptors (Lipinski definition) is 4. The highest BCUT2D eigenvalue weighted by Crippen LogP contribution is 2.08. The molecule has 0 aromatic carbocycles. The van der Waals surface area contributed by atoms with Crippen molar-refractivity contribution in [2.45, 2.75) is 70.8 Å². The van der Waals surface area contributed by atoms with Crippen LogP contribution in [-0.4, -0.2) is 28.9 Å². The standard InChI is InChI=1S/C14H26N2O4/c1-2-3-4-5-6-7-8-9-12(17)16-13(18)10-11(15)14(19)20/h11H,2-10,15H2,1H3,(H,19,20)(H,16,17,18)/t11-/m0/s1. The average molecular weight is 286 g/mol. The van der Waals surface area contributed by atoms with Gasteiger partial charge in [0.15, 0.2) is 0 Å². The molecule has 0 spiro atoms. The van der Waals surface area contributed by atoms with Crippen molar-refractivity contribution in [1.82, 2.24) is 5.32 Å². The Balaban J connectivity index is 3.58. The van der Waals surface area contributed by atoms with E-state index >= 15 is 0 Å². The highest BCUT2D eigenvalue weighted by molar-refractivity contribution is 5.96. The van der Waals surface area contributed by atoms with Crippen molar-refractivity contribution in [3.05, 3.63) is 0 Å². The maximum absolute atomic E-state index is 11.4. The van der Waals surface area contributed by atoms with Crippen LogP contribution in [0, 0.1) is 0 Å². The monoisotopic (exact) mass is 286 g/mol. The van der Waals surface area contributed by atoms with Crippen molar-refractivity contribution < 1.29 is 19.5 Å². The summed E-state index contributed by atoms with van der Waals surface area (Å²) in [5.74, 6) is -2.24. The molecular weight excluding hydrogens is 260 g/mol. The van der Waals surface area contributed by atoms with E-state index in [0.29, 0.717) is 6.42 Å². The number of carboxylic acid groups (broad SMARTS) is 1. The van der Waals surface area contributed by atoms with Gasteiger partial charge in [0.25, 0.3) is 0 Å². The van der Waals surface area contributed by atoms with E-state index in [1.807, 2.05) is 0 Å². The van der Waals surface area contributed by atoms with Crippen molar-refractivity contribution >= 4 is 17.8 Å². The third-order valence-electron chi connectivity index (χ3n) is 3.01. The number of carbonyl (C=O) groups is 3. The van der Waals surface area contributed by atoms with Crippen LogP contribution in [0.15, 0.2) is 0 Å². The van der Waals surface area contributed by atoms with Crippen LogP contribution in [-0.2, 0) is 14.4 Å². The molecule has 0 unspecified atom stereocenters. The fourth-order valence-electron chi connectivity index (χ4n) is 1.80. The minimum Gasteiger partial charge on any atom is -0.480 e. The van der Waals surface area contributed by atoms with Crippen LogP contribution < -0.4 is 11.1 Å². The molecule has 0 aromatic rings. The number of amides is 2. The van der Waals surface area contributed by atoms with E-state index < -0.39 is 17.9 Å². The Morgan fingerprint density at radius 2 is 1.55 bits per heavy atom. The second-order valence-electron chi connectivity index (χ2n) is 4.99. The molecular formula is C14H26N2O4. The van der Waals surface area contributed by atoms with Crippen LogP contribution in [0.5, 0.6) is 0 Å². The third-order valence-corrected chi connectivity index (χ3v) is 3.01. The molecule has 6 heteroatoms. The zero-order valence-corrected chi connectivity index (χ0v) is 12.2. The molecule has 0 saturated carbocycles. The fraction of sp³-hybridized carbons (Fsp3) is 0.786. The lowest BCUT2D eigenvalue weighted by atomic mass is 10.1. The smallest absolute Gasteiger partial charge is 0.321 e. The topological polar surface area (TPSA) is 109 Å². The van der Waals surface area contributed by atoms with Crippen molar-refractivity contribution in [2.24, 2.45) is 5.73 Å². The van der Waals surface area contributed by atoms with Crippen molar-refractivity contribution in [3.8, 4) is 0 Å². The van der Waals surface area contributed by atoms with Crippen LogP contribution in [0.4, 0.5) is 0 Å². The predicted molar refractivity (Wildman–Crippen MR) is 76.0 cm³/mol. The lowest BCUT2D eigenvalue weighted by Crippen LogP contribution is -2.39. The second-order valence-corrected chi connectivity index (χ2v) is 4.99. The molecule has 0 radical (unpaired) electrons. The number of rotatable bonds is 11. The quantitative estimate of drug-likeness (QED) is 0.499. The zero-order valence-electron chi connectivity index (χ0n) is 12.2. The summed E-state index contributed by atoms with van der Waals surface area (Å²) in [6.45, 7) is 2.16. The number of aliphatic carboxylic acids is 1. The molecule has 0 heterocycles. The molecule has 0 fully saturated rings. The summed E-state index contributed by atoms with van der Waals surface area (Å²) in [5, 5.41) is 10.7. The molecule has 0 bridgehead atoms. The van der Waals surface area contributed by atoms with Crippen LogP contribution >= 0.6 is 0 Å². The normalized spacial score (nSPS) is 11.9. The van der Waals surface area contributed by atoms with E-state index in [1.54, 1.807) is 0 Å². The number of carbonyl (C=O) groups excluding carboxylic acids is 2. The summed E-state index contributed by atoms with van der Waals surface area (Å²) < 4.78 is 0. The summed E-state index contributed by atoms with van der Waals surface area (Å²) in [6, 6.07) is -1.26. The predicted octanol–water partition coefficient (Wildman–Crippen LogP) is 1.57. The second kappa shape index (κ2) is 11.4. The average Bonchev–Trinajstić information content (AvgIpc) is 2.37. The Morgan fingerprint density at radius 1 is 1.00 bits per heavy atom. The van der Waals surface area contributed by atoms with E-state index in [9.17, 15) is 14.4 Å². The SMILES string of the molecule is CCCCCCCCCC(=O)NC(=O)C[C@H](N)C(=O)O. The zero-order chi connectivity index (χ0) is 15.4. The molecule has 4 N–H and O–H groups in total. The van der Waals surface area contributed by atoms with Gasteiger partial charge in [-0.15, -0.1) is 0 Å². The molecule has 116 valence electrons. The summed E-state index contributed by atoms with van der Waals surface area (Å²) in [5.41, 5.74) is 5.20. The number of nitrogens with two attached hydrogens (primary N) is 1. The summed E-state index contributed by atoms with van der Waals surface area (Å²) in [6.07, 6.45) is 7.61. The molecule has 0 aliphatic rings. The highest BCUT2D eigenvalue weighted by atomic mass is 16.4. The molecule has 0 rings (SSSR count). The fourth-order valence-corrected chi connectivity index (χ4v) is 1.80. The van der Waals surface area contributed by atoms with E-state index in [1.165, 1.54) is 25.7 Å². The highest BCUT2D eigenvalue weighted by Gasteiger charge is 2.17. The maximum Gasteiger partial charge on any atom is 0.321 e. The number of hydrogen-bond donors (Lipinski definition) is 3. The van der Waals surface area contributed by atoms with Gasteiger partial charge in [0, 0.05) is 6.42 Å². The molecule has 0 aliphatic carbocycles. The summed E-state index contributed by atoms with van der Waals surface area (Å²) in [7, 11) is 0. The first-order valence-corrected chi connectivity index (χ1v) is 7.28. The summed E-state index contributed by atoms with van der Waals surface area (Å²) >= 11 is 0. The van der Waals surface area contributed by atoms with Crippen LogP contribution in [0.3, 0.4) is 0 Å². The third kappa shape index (κ3) is 10.5. The molecule has 1 atom stereocenters. The lowest BCUT2D eigenvalue weighted by Gasteiger charge is -2.07. The molecule has 2 amide bonds. The van der Waals surface area contributed by atoms with Gasteiger partial charge in [0.2, 0.25) is 11.8 Å². The Morgan fingerprint density at radius 3 is 2.10 bits per heavy atom. The largest absolute Gasteiger partial charge is 0.480 e. The van der Waals surface area contributed by atoms with E-state index in [2.05, 4.69) is 12.2 Å². The number of carboxylic acids is 1. The van der Waals surface area contributed by atoms with Crippen LogP contribution in [0.1, 0.15) is 64.7 Å². The molecule has 6 nitrogen and oxygen atoms in total. The number of unbranched alkanes of at least 4 members (excludes halogenated alkanes) is 6. The molecule has 0 saturated heterocycles. The first-order chi connectivity index (χ1) is 9.47. The number of nitrogens with one attached hydrogen (secondary N) is 1. The minimum absolute atomic E-state index is 0.293. The Hall–Kier alpha value is -1.43. The van der Waals surface area contributed by atoms with Gasteiger partial charge in [-0.2, -0.15) is 0 Å².